The van der Waals surface area contributed by atoms with Crippen molar-refractivity contribution < 1.29 is 4.52 Å². The summed E-state index contributed by atoms with van der Waals surface area (Å²) in [7, 11) is 2.20. The molecule has 1 aromatic rings. The molecule has 4 nitrogen and oxygen atoms in total. The van der Waals surface area contributed by atoms with Gasteiger partial charge in [0.05, 0.1) is 5.69 Å². The molecule has 0 unspecified atom stereocenters. The average molecular weight is 265 g/mol. The van der Waals surface area contributed by atoms with Crippen molar-refractivity contribution in [2.24, 2.45) is 0 Å². The lowest BCUT2D eigenvalue weighted by Crippen LogP contribution is -2.40. The summed E-state index contributed by atoms with van der Waals surface area (Å²) in [5.74, 6) is 0.899. The van der Waals surface area contributed by atoms with Gasteiger partial charge in [-0.1, -0.05) is 12.1 Å². The van der Waals surface area contributed by atoms with Crippen molar-refractivity contribution >= 4 is 0 Å². The summed E-state index contributed by atoms with van der Waals surface area (Å²) in [6.07, 6.45) is 6.40. The third-order valence-corrected chi connectivity index (χ3v) is 4.09. The van der Waals surface area contributed by atoms with E-state index in [1.807, 2.05) is 13.0 Å². The molecule has 0 saturated heterocycles. The third-order valence-electron chi connectivity index (χ3n) is 4.09. The number of nitrogens with zero attached hydrogens (tertiary/aromatic N) is 2. The van der Waals surface area contributed by atoms with E-state index in [0.717, 1.165) is 30.6 Å². The first-order valence-electron chi connectivity index (χ1n) is 7.55. The minimum atomic E-state index is 0.691. The predicted molar refractivity (Wildman–Crippen MR) is 77.0 cm³/mol. The molecular weight excluding hydrogens is 238 g/mol. The zero-order chi connectivity index (χ0) is 13.7. The molecule has 2 rings (SSSR count). The van der Waals surface area contributed by atoms with Crippen LogP contribution in [0.3, 0.4) is 0 Å². The molecule has 0 atom stereocenters. The maximum Gasteiger partial charge on any atom is 0.133 e. The van der Waals surface area contributed by atoms with E-state index in [4.69, 9.17) is 4.52 Å². The van der Waals surface area contributed by atoms with E-state index in [1.54, 1.807) is 0 Å². The van der Waals surface area contributed by atoms with Crippen molar-refractivity contribution in [1.29, 1.82) is 0 Å². The Morgan fingerprint density at radius 3 is 2.68 bits per heavy atom. The van der Waals surface area contributed by atoms with Gasteiger partial charge in [0.2, 0.25) is 0 Å². The number of rotatable bonds is 6. The molecule has 1 heterocycles. The Labute approximate surface area is 116 Å². The average Bonchev–Trinajstić information content (AvgIpc) is 2.82. The first kappa shape index (κ1) is 14.5. The summed E-state index contributed by atoms with van der Waals surface area (Å²) < 4.78 is 5.13. The summed E-state index contributed by atoms with van der Waals surface area (Å²) in [6.45, 7) is 6.23. The van der Waals surface area contributed by atoms with Crippen molar-refractivity contribution in [2.45, 2.75) is 64.6 Å². The van der Waals surface area contributed by atoms with Crippen molar-refractivity contribution in [3.05, 3.63) is 17.5 Å². The summed E-state index contributed by atoms with van der Waals surface area (Å²) in [5, 5.41) is 7.71. The first-order chi connectivity index (χ1) is 9.19. The second kappa shape index (κ2) is 7.06. The molecule has 0 spiro atoms. The van der Waals surface area contributed by atoms with Crippen molar-refractivity contribution in [3.63, 3.8) is 0 Å². The number of hydrogen-bond donors (Lipinski definition) is 1. The minimum Gasteiger partial charge on any atom is -0.361 e. The highest BCUT2D eigenvalue weighted by atomic mass is 16.5. The Morgan fingerprint density at radius 1 is 1.37 bits per heavy atom. The molecule has 0 bridgehead atoms. The second-order valence-electron chi connectivity index (χ2n) is 5.80. The molecule has 4 heteroatoms. The topological polar surface area (TPSA) is 41.3 Å². The van der Waals surface area contributed by atoms with Gasteiger partial charge in [-0.3, -0.25) is 4.90 Å². The van der Waals surface area contributed by atoms with Gasteiger partial charge in [0.1, 0.15) is 5.76 Å². The maximum absolute atomic E-state index is 5.13. The smallest absolute Gasteiger partial charge is 0.133 e. The lowest BCUT2D eigenvalue weighted by atomic mass is 9.90. The zero-order valence-electron chi connectivity index (χ0n) is 12.5. The number of nitrogens with one attached hydrogen (secondary N) is 1. The van der Waals surface area contributed by atoms with Gasteiger partial charge in [0.15, 0.2) is 0 Å². The molecule has 0 radical (unpaired) electrons. The SMILES string of the molecule is CCCNC1CCC(N(C)Cc2cc(C)on2)CC1. The van der Waals surface area contributed by atoms with Crippen LogP contribution in [0.25, 0.3) is 0 Å². The van der Waals surface area contributed by atoms with E-state index in [9.17, 15) is 0 Å². The van der Waals surface area contributed by atoms with Gasteiger partial charge in [0.25, 0.3) is 0 Å². The van der Waals surface area contributed by atoms with Crippen LogP contribution in [0.4, 0.5) is 0 Å². The Bertz CT molecular complexity index is 369. The van der Waals surface area contributed by atoms with Crippen LogP contribution in [0, 0.1) is 6.92 Å². The molecule has 1 aromatic heterocycles. The maximum atomic E-state index is 5.13. The van der Waals surface area contributed by atoms with E-state index >= 15 is 0 Å². The lowest BCUT2D eigenvalue weighted by molar-refractivity contribution is 0.164. The van der Waals surface area contributed by atoms with Crippen molar-refractivity contribution in [1.82, 2.24) is 15.4 Å². The fourth-order valence-corrected chi connectivity index (χ4v) is 2.95. The van der Waals surface area contributed by atoms with E-state index in [1.165, 1.54) is 32.1 Å². The quantitative estimate of drug-likeness (QED) is 0.858. The zero-order valence-corrected chi connectivity index (χ0v) is 12.5. The van der Waals surface area contributed by atoms with Gasteiger partial charge in [0, 0.05) is 24.7 Å². The molecular formula is C15H27N3O. The Kier molecular flexibility index (Phi) is 5.40. The largest absolute Gasteiger partial charge is 0.361 e. The van der Waals surface area contributed by atoms with E-state index in [0.29, 0.717) is 6.04 Å². The summed E-state index contributed by atoms with van der Waals surface area (Å²) >= 11 is 0. The van der Waals surface area contributed by atoms with Crippen LogP contribution >= 0.6 is 0 Å². The summed E-state index contributed by atoms with van der Waals surface area (Å²) in [6, 6.07) is 3.46. The van der Waals surface area contributed by atoms with Gasteiger partial charge in [-0.25, -0.2) is 0 Å². The second-order valence-corrected chi connectivity index (χ2v) is 5.80. The van der Waals surface area contributed by atoms with Crippen LogP contribution in [0.5, 0.6) is 0 Å². The van der Waals surface area contributed by atoms with Crippen LogP contribution in [0.2, 0.25) is 0 Å². The minimum absolute atomic E-state index is 0.691. The Morgan fingerprint density at radius 2 is 2.11 bits per heavy atom. The molecule has 1 saturated carbocycles. The summed E-state index contributed by atoms with van der Waals surface area (Å²) in [5.41, 5.74) is 1.05. The van der Waals surface area contributed by atoms with Gasteiger partial charge in [-0.15, -0.1) is 0 Å². The first-order valence-corrected chi connectivity index (χ1v) is 7.55. The van der Waals surface area contributed by atoms with Crippen molar-refractivity contribution in [3.8, 4) is 0 Å². The monoisotopic (exact) mass is 265 g/mol. The molecule has 108 valence electrons. The van der Waals surface area contributed by atoms with Crippen LogP contribution < -0.4 is 5.32 Å². The van der Waals surface area contributed by atoms with E-state index < -0.39 is 0 Å². The van der Waals surface area contributed by atoms with Crippen LogP contribution in [0.15, 0.2) is 10.6 Å². The fourth-order valence-electron chi connectivity index (χ4n) is 2.95. The highest BCUT2D eigenvalue weighted by Gasteiger charge is 2.23. The Balaban J connectivity index is 1.74. The molecule has 0 aliphatic heterocycles. The molecule has 0 amide bonds. The fraction of sp³-hybridized carbons (Fsp3) is 0.800. The molecule has 19 heavy (non-hydrogen) atoms. The van der Waals surface area contributed by atoms with Gasteiger partial charge >= 0.3 is 0 Å². The lowest BCUT2D eigenvalue weighted by Gasteiger charge is -2.34. The molecule has 1 fully saturated rings. The van der Waals surface area contributed by atoms with Gasteiger partial charge in [-0.2, -0.15) is 0 Å². The third kappa shape index (κ3) is 4.32. The normalized spacial score (nSPS) is 24.0. The summed E-state index contributed by atoms with van der Waals surface area (Å²) in [4.78, 5) is 2.42. The predicted octanol–water partition coefficient (Wildman–Crippen LogP) is 2.73. The van der Waals surface area contributed by atoms with Crippen LogP contribution in [-0.4, -0.2) is 35.7 Å². The highest BCUT2D eigenvalue weighted by Crippen LogP contribution is 2.23. The Hall–Kier alpha value is -0.870. The number of aromatic nitrogens is 1. The van der Waals surface area contributed by atoms with Gasteiger partial charge in [-0.05, 0) is 52.6 Å². The van der Waals surface area contributed by atoms with Crippen LogP contribution in [0.1, 0.15) is 50.5 Å². The molecule has 0 aromatic carbocycles. The van der Waals surface area contributed by atoms with Gasteiger partial charge < -0.3 is 9.84 Å². The molecule has 1 aliphatic carbocycles. The van der Waals surface area contributed by atoms with E-state index in [2.05, 4.69) is 29.3 Å². The molecule has 1 aliphatic rings. The number of aryl methyl sites for hydroxylation is 1. The van der Waals surface area contributed by atoms with Crippen LogP contribution in [-0.2, 0) is 6.54 Å². The highest BCUT2D eigenvalue weighted by molar-refractivity contribution is 5.03. The van der Waals surface area contributed by atoms with E-state index in [-0.39, 0.29) is 0 Å². The molecule has 1 N–H and O–H groups in total. The number of hydrogen-bond acceptors (Lipinski definition) is 4. The standard InChI is InChI=1S/C15H27N3O/c1-4-9-16-13-5-7-15(8-6-13)18(3)11-14-10-12(2)19-17-14/h10,13,15-16H,4-9,11H2,1-3H3. The van der Waals surface area contributed by atoms with Crippen molar-refractivity contribution in [2.75, 3.05) is 13.6 Å².